The molecule has 1 amide bonds. The Morgan fingerprint density at radius 1 is 1.21 bits per heavy atom. The van der Waals surface area contributed by atoms with Crippen LogP contribution < -0.4 is 5.32 Å². The van der Waals surface area contributed by atoms with Gasteiger partial charge in [-0.2, -0.15) is 0 Å². The van der Waals surface area contributed by atoms with Crippen LogP contribution in [-0.4, -0.2) is 51.0 Å². The number of amides is 1. The Morgan fingerprint density at radius 2 is 1.83 bits per heavy atom. The first-order valence-electron chi connectivity index (χ1n) is 9.04. The van der Waals surface area contributed by atoms with Crippen LogP contribution in [0.4, 0.5) is 0 Å². The normalized spacial score (nSPS) is 19.5. The van der Waals surface area contributed by atoms with Gasteiger partial charge in [-0.15, -0.1) is 17.5 Å². The second kappa shape index (κ2) is 8.30. The summed E-state index contributed by atoms with van der Waals surface area (Å²) in [5.74, 6) is 0.0598. The van der Waals surface area contributed by atoms with Crippen LogP contribution in [0.1, 0.15) is 74.6 Å². The quantitative estimate of drug-likeness (QED) is 0.902. The molecule has 2 fully saturated rings. The van der Waals surface area contributed by atoms with Crippen molar-refractivity contribution in [2.45, 2.75) is 77.4 Å². The molecule has 1 aromatic rings. The molecule has 1 aliphatic heterocycles. The standard InChI is InChI=1S/C17H29N5O.ClH/c1-12(2)21(14-6-4-5-7-14)17(23)16-13(3)22(20-19-16)15-8-10-18-11-9-15;/h12,14-15,18H,4-11H2,1-3H3;1H. The van der Waals surface area contributed by atoms with Crippen LogP contribution in [0, 0.1) is 6.92 Å². The molecule has 0 aromatic carbocycles. The van der Waals surface area contributed by atoms with Gasteiger partial charge < -0.3 is 10.2 Å². The number of nitrogens with zero attached hydrogens (tertiary/aromatic N) is 4. The van der Waals surface area contributed by atoms with Gasteiger partial charge in [0, 0.05) is 12.1 Å². The number of piperidine rings is 1. The van der Waals surface area contributed by atoms with Gasteiger partial charge in [0.15, 0.2) is 5.69 Å². The Kier molecular flexibility index (Phi) is 6.63. The predicted molar refractivity (Wildman–Crippen MR) is 96.7 cm³/mol. The molecule has 0 radical (unpaired) electrons. The summed E-state index contributed by atoms with van der Waals surface area (Å²) in [5.41, 5.74) is 1.47. The van der Waals surface area contributed by atoms with E-state index in [1.54, 1.807) is 0 Å². The second-order valence-electron chi connectivity index (χ2n) is 7.19. The molecule has 0 unspecified atom stereocenters. The van der Waals surface area contributed by atoms with E-state index in [1.807, 2.05) is 16.5 Å². The lowest BCUT2D eigenvalue weighted by Crippen LogP contribution is -2.44. The molecule has 3 rings (SSSR count). The lowest BCUT2D eigenvalue weighted by molar-refractivity contribution is 0.0606. The Balaban J connectivity index is 0.00000208. The van der Waals surface area contributed by atoms with E-state index >= 15 is 0 Å². The highest BCUT2D eigenvalue weighted by Crippen LogP contribution is 2.27. The molecule has 1 saturated carbocycles. The van der Waals surface area contributed by atoms with Crippen molar-refractivity contribution in [1.82, 2.24) is 25.2 Å². The highest BCUT2D eigenvalue weighted by molar-refractivity contribution is 5.93. The summed E-state index contributed by atoms with van der Waals surface area (Å²) in [6.45, 7) is 8.20. The Hall–Kier alpha value is -1.14. The lowest BCUT2D eigenvalue weighted by Gasteiger charge is -2.32. The monoisotopic (exact) mass is 355 g/mol. The molecule has 0 atom stereocenters. The van der Waals surface area contributed by atoms with Crippen molar-refractivity contribution in [3.8, 4) is 0 Å². The number of aromatic nitrogens is 3. The molecule has 0 bridgehead atoms. The third-order valence-corrected chi connectivity index (χ3v) is 5.29. The molecule has 7 heteroatoms. The Bertz CT molecular complexity index is 547. The molecule has 6 nitrogen and oxygen atoms in total. The Morgan fingerprint density at radius 3 is 2.42 bits per heavy atom. The summed E-state index contributed by atoms with van der Waals surface area (Å²) in [6, 6.07) is 0.934. The average Bonchev–Trinajstić information content (AvgIpc) is 3.18. The molecule has 2 aliphatic rings. The van der Waals surface area contributed by atoms with E-state index in [9.17, 15) is 4.79 Å². The fourth-order valence-electron chi connectivity index (χ4n) is 4.06. The summed E-state index contributed by atoms with van der Waals surface area (Å²) in [5, 5.41) is 12.0. The maximum absolute atomic E-state index is 13.1. The average molecular weight is 356 g/mol. The summed E-state index contributed by atoms with van der Waals surface area (Å²) in [7, 11) is 0. The van der Waals surface area contributed by atoms with Crippen LogP contribution in [0.25, 0.3) is 0 Å². The van der Waals surface area contributed by atoms with E-state index in [0.29, 0.717) is 17.8 Å². The number of carbonyl (C=O) groups excluding carboxylic acids is 1. The summed E-state index contributed by atoms with van der Waals surface area (Å²) < 4.78 is 1.97. The van der Waals surface area contributed by atoms with Gasteiger partial charge in [-0.05, 0) is 59.5 Å². The van der Waals surface area contributed by atoms with E-state index in [1.165, 1.54) is 12.8 Å². The molecular formula is C17H30ClN5O. The van der Waals surface area contributed by atoms with E-state index in [4.69, 9.17) is 0 Å². The molecule has 1 N–H and O–H groups in total. The van der Waals surface area contributed by atoms with Gasteiger partial charge in [-0.25, -0.2) is 4.68 Å². The van der Waals surface area contributed by atoms with Gasteiger partial charge >= 0.3 is 0 Å². The van der Waals surface area contributed by atoms with Gasteiger partial charge in [0.1, 0.15) is 0 Å². The van der Waals surface area contributed by atoms with Gasteiger partial charge in [-0.1, -0.05) is 18.1 Å². The Labute approximate surface area is 150 Å². The highest BCUT2D eigenvalue weighted by Gasteiger charge is 2.32. The summed E-state index contributed by atoms with van der Waals surface area (Å²) in [4.78, 5) is 15.1. The molecule has 2 heterocycles. The van der Waals surface area contributed by atoms with Crippen molar-refractivity contribution in [1.29, 1.82) is 0 Å². The van der Waals surface area contributed by atoms with Crippen molar-refractivity contribution in [2.75, 3.05) is 13.1 Å². The van der Waals surface area contributed by atoms with Crippen molar-refractivity contribution in [3.05, 3.63) is 11.4 Å². The van der Waals surface area contributed by atoms with Crippen molar-refractivity contribution < 1.29 is 4.79 Å². The van der Waals surface area contributed by atoms with E-state index in [2.05, 4.69) is 29.5 Å². The third-order valence-electron chi connectivity index (χ3n) is 5.29. The molecule has 1 aliphatic carbocycles. The minimum atomic E-state index is 0. The largest absolute Gasteiger partial charge is 0.332 e. The topological polar surface area (TPSA) is 63.1 Å². The molecule has 0 spiro atoms. The van der Waals surface area contributed by atoms with E-state index in [0.717, 1.165) is 44.5 Å². The maximum Gasteiger partial charge on any atom is 0.276 e. The van der Waals surface area contributed by atoms with Crippen LogP contribution in [0.3, 0.4) is 0 Å². The van der Waals surface area contributed by atoms with Crippen LogP contribution in [0.5, 0.6) is 0 Å². The number of hydrogen-bond donors (Lipinski definition) is 1. The van der Waals surface area contributed by atoms with Gasteiger partial charge in [0.2, 0.25) is 0 Å². The molecular weight excluding hydrogens is 326 g/mol. The van der Waals surface area contributed by atoms with Crippen LogP contribution >= 0.6 is 12.4 Å². The first-order chi connectivity index (χ1) is 11.1. The first kappa shape index (κ1) is 19.2. The zero-order valence-electron chi connectivity index (χ0n) is 15.0. The minimum absolute atomic E-state index is 0. The minimum Gasteiger partial charge on any atom is -0.332 e. The van der Waals surface area contributed by atoms with E-state index < -0.39 is 0 Å². The van der Waals surface area contributed by atoms with Crippen molar-refractivity contribution in [3.63, 3.8) is 0 Å². The SMILES string of the molecule is Cc1c(C(=O)N(C(C)C)C2CCCC2)nnn1C1CCNCC1.Cl. The first-order valence-corrected chi connectivity index (χ1v) is 9.04. The van der Waals surface area contributed by atoms with Crippen LogP contribution in [0.15, 0.2) is 0 Å². The number of carbonyl (C=O) groups is 1. The predicted octanol–water partition coefficient (Wildman–Crippen LogP) is 2.73. The lowest BCUT2D eigenvalue weighted by atomic mass is 10.1. The fourth-order valence-corrected chi connectivity index (χ4v) is 4.06. The van der Waals surface area contributed by atoms with Crippen LogP contribution in [-0.2, 0) is 0 Å². The third kappa shape index (κ3) is 3.75. The summed E-state index contributed by atoms with van der Waals surface area (Å²) >= 11 is 0. The van der Waals surface area contributed by atoms with Crippen LogP contribution in [0.2, 0.25) is 0 Å². The number of nitrogens with one attached hydrogen (secondary N) is 1. The smallest absolute Gasteiger partial charge is 0.276 e. The zero-order valence-corrected chi connectivity index (χ0v) is 15.8. The molecule has 1 aromatic heterocycles. The summed E-state index contributed by atoms with van der Waals surface area (Å²) in [6.07, 6.45) is 6.78. The van der Waals surface area contributed by atoms with Crippen molar-refractivity contribution >= 4 is 18.3 Å². The van der Waals surface area contributed by atoms with Gasteiger partial charge in [0.25, 0.3) is 5.91 Å². The van der Waals surface area contributed by atoms with E-state index in [-0.39, 0.29) is 24.4 Å². The zero-order chi connectivity index (χ0) is 16.4. The molecule has 136 valence electrons. The fraction of sp³-hybridized carbons (Fsp3) is 0.824. The highest BCUT2D eigenvalue weighted by atomic mass is 35.5. The molecule has 1 saturated heterocycles. The number of halogens is 1. The second-order valence-corrected chi connectivity index (χ2v) is 7.19. The van der Waals surface area contributed by atoms with Gasteiger partial charge in [0.05, 0.1) is 11.7 Å². The number of rotatable bonds is 4. The maximum atomic E-state index is 13.1. The molecule has 24 heavy (non-hydrogen) atoms. The van der Waals surface area contributed by atoms with Gasteiger partial charge in [-0.3, -0.25) is 4.79 Å². The number of hydrogen-bond acceptors (Lipinski definition) is 4. The van der Waals surface area contributed by atoms with Crippen molar-refractivity contribution in [2.24, 2.45) is 0 Å².